The number of amides is 2. The number of aliphatic carboxylic acids is 1. The predicted molar refractivity (Wildman–Crippen MR) is 75.1 cm³/mol. The first-order valence-electron chi connectivity index (χ1n) is 7.49. The molecule has 2 aliphatic rings. The molecule has 0 radical (unpaired) electrons. The molecule has 3 unspecified atom stereocenters. The minimum Gasteiger partial charge on any atom is -0.481 e. The molecule has 2 heterocycles. The molecule has 2 saturated heterocycles. The van der Waals surface area contributed by atoms with Gasteiger partial charge in [0.05, 0.1) is 25.4 Å². The number of rotatable bonds is 5. The van der Waals surface area contributed by atoms with Crippen LogP contribution >= 0.6 is 0 Å². The summed E-state index contributed by atoms with van der Waals surface area (Å²) >= 11 is 0. The molecule has 0 aromatic rings. The molecule has 0 aromatic heterocycles. The Kier molecular flexibility index (Phi) is 5.41. The zero-order valence-electron chi connectivity index (χ0n) is 12.4. The minimum absolute atomic E-state index is 0.114. The molecule has 2 aliphatic heterocycles. The van der Waals surface area contributed by atoms with Crippen molar-refractivity contribution in [3.63, 3.8) is 0 Å². The Hall–Kier alpha value is -1.34. The van der Waals surface area contributed by atoms with Crippen molar-refractivity contribution < 1.29 is 24.2 Å². The van der Waals surface area contributed by atoms with Gasteiger partial charge in [-0.15, -0.1) is 0 Å². The second kappa shape index (κ2) is 7.09. The largest absolute Gasteiger partial charge is 0.481 e. The molecule has 120 valence electrons. The molecule has 0 spiro atoms. The first kappa shape index (κ1) is 16.0. The monoisotopic (exact) mass is 300 g/mol. The van der Waals surface area contributed by atoms with Gasteiger partial charge in [0.25, 0.3) is 0 Å². The Morgan fingerprint density at radius 1 is 1.38 bits per heavy atom. The third kappa shape index (κ3) is 4.07. The van der Waals surface area contributed by atoms with Crippen molar-refractivity contribution in [2.75, 3.05) is 26.4 Å². The number of carboxylic acid groups (broad SMARTS) is 1. The van der Waals surface area contributed by atoms with E-state index in [2.05, 4.69) is 10.6 Å². The number of ether oxygens (including phenoxy) is 2. The summed E-state index contributed by atoms with van der Waals surface area (Å²) in [5, 5.41) is 14.7. The summed E-state index contributed by atoms with van der Waals surface area (Å²) in [6.07, 6.45) is 4.33. The second-order valence-corrected chi connectivity index (χ2v) is 5.97. The van der Waals surface area contributed by atoms with E-state index >= 15 is 0 Å². The van der Waals surface area contributed by atoms with Gasteiger partial charge < -0.3 is 25.2 Å². The fourth-order valence-electron chi connectivity index (χ4n) is 2.68. The first-order valence-corrected chi connectivity index (χ1v) is 7.49. The zero-order chi connectivity index (χ0) is 15.3. The van der Waals surface area contributed by atoms with Gasteiger partial charge in [0.1, 0.15) is 5.41 Å². The van der Waals surface area contributed by atoms with E-state index in [0.717, 1.165) is 25.9 Å². The highest BCUT2D eigenvalue weighted by Crippen LogP contribution is 2.28. The van der Waals surface area contributed by atoms with Gasteiger partial charge in [-0.25, -0.2) is 4.79 Å². The molecule has 7 nitrogen and oxygen atoms in total. The van der Waals surface area contributed by atoms with Crippen LogP contribution in [0.15, 0.2) is 0 Å². The highest BCUT2D eigenvalue weighted by atomic mass is 16.5. The number of hydrogen-bond donors (Lipinski definition) is 3. The molecular formula is C14H24N2O5. The topological polar surface area (TPSA) is 96.9 Å². The van der Waals surface area contributed by atoms with Gasteiger partial charge >= 0.3 is 12.0 Å². The lowest BCUT2D eigenvalue weighted by atomic mass is 9.85. The molecule has 21 heavy (non-hydrogen) atoms. The lowest BCUT2D eigenvalue weighted by Gasteiger charge is -2.26. The normalized spacial score (nSPS) is 32.6. The molecule has 0 aliphatic carbocycles. The maximum Gasteiger partial charge on any atom is 0.315 e. The van der Waals surface area contributed by atoms with Gasteiger partial charge in [-0.05, 0) is 32.6 Å². The predicted octanol–water partition coefficient (Wildman–Crippen LogP) is 0.734. The molecule has 2 rings (SSSR count). The number of nitrogens with one attached hydrogen (secondary N) is 2. The van der Waals surface area contributed by atoms with Crippen molar-refractivity contribution in [2.24, 2.45) is 5.41 Å². The van der Waals surface area contributed by atoms with E-state index in [9.17, 15) is 14.7 Å². The Labute approximate surface area is 124 Å². The number of carbonyl (C=O) groups is 2. The number of carboxylic acids is 1. The molecular weight excluding hydrogens is 276 g/mol. The number of carbonyl (C=O) groups excluding carboxylic acids is 1. The van der Waals surface area contributed by atoms with Crippen LogP contribution in [0, 0.1) is 5.41 Å². The smallest absolute Gasteiger partial charge is 0.315 e. The molecule has 0 bridgehead atoms. The molecule has 2 amide bonds. The summed E-state index contributed by atoms with van der Waals surface area (Å²) in [7, 11) is 0. The van der Waals surface area contributed by atoms with Crippen molar-refractivity contribution in [2.45, 2.75) is 44.8 Å². The van der Waals surface area contributed by atoms with Crippen LogP contribution in [0.5, 0.6) is 0 Å². The summed E-state index contributed by atoms with van der Waals surface area (Å²) in [6.45, 7) is 3.25. The third-order valence-corrected chi connectivity index (χ3v) is 4.28. The van der Waals surface area contributed by atoms with Crippen LogP contribution in [0.3, 0.4) is 0 Å². The second-order valence-electron chi connectivity index (χ2n) is 5.97. The van der Waals surface area contributed by atoms with E-state index < -0.39 is 17.4 Å². The number of hydrogen-bond acceptors (Lipinski definition) is 4. The van der Waals surface area contributed by atoms with E-state index in [0.29, 0.717) is 6.54 Å². The summed E-state index contributed by atoms with van der Waals surface area (Å²) in [6, 6.07) is -0.866. The van der Waals surface area contributed by atoms with Crippen LogP contribution in [0.25, 0.3) is 0 Å². The van der Waals surface area contributed by atoms with Gasteiger partial charge in [0, 0.05) is 13.2 Å². The van der Waals surface area contributed by atoms with E-state index in [1.807, 2.05) is 0 Å². The van der Waals surface area contributed by atoms with E-state index in [1.165, 1.54) is 6.42 Å². The highest BCUT2D eigenvalue weighted by molar-refractivity contribution is 5.79. The van der Waals surface area contributed by atoms with Crippen molar-refractivity contribution in [1.82, 2.24) is 10.6 Å². The lowest BCUT2D eigenvalue weighted by Crippen LogP contribution is -2.52. The third-order valence-electron chi connectivity index (χ3n) is 4.28. The molecule has 7 heteroatoms. The van der Waals surface area contributed by atoms with Gasteiger partial charge in [0.15, 0.2) is 0 Å². The van der Waals surface area contributed by atoms with Gasteiger partial charge in [0.2, 0.25) is 0 Å². The first-order chi connectivity index (χ1) is 10.0. The van der Waals surface area contributed by atoms with Crippen LogP contribution < -0.4 is 10.6 Å². The molecule has 2 fully saturated rings. The Balaban J connectivity index is 1.70. The van der Waals surface area contributed by atoms with E-state index in [1.54, 1.807) is 6.92 Å². The Morgan fingerprint density at radius 2 is 2.19 bits per heavy atom. The SMILES string of the molecule is CC1(C(=O)O)COCC1NC(=O)NCCC1CCCCO1. The molecule has 3 atom stereocenters. The van der Waals surface area contributed by atoms with Crippen LogP contribution in [0.2, 0.25) is 0 Å². The van der Waals surface area contributed by atoms with Crippen molar-refractivity contribution in [3.05, 3.63) is 0 Å². The summed E-state index contributed by atoms with van der Waals surface area (Å²) in [4.78, 5) is 23.1. The quantitative estimate of drug-likeness (QED) is 0.695. The Morgan fingerprint density at radius 3 is 2.86 bits per heavy atom. The minimum atomic E-state index is -1.07. The maximum absolute atomic E-state index is 11.8. The maximum atomic E-state index is 11.8. The summed E-state index contributed by atoms with van der Waals surface area (Å²) in [5.41, 5.74) is -1.07. The average molecular weight is 300 g/mol. The lowest BCUT2D eigenvalue weighted by molar-refractivity contribution is -0.148. The highest BCUT2D eigenvalue weighted by Gasteiger charge is 2.47. The average Bonchev–Trinajstić information content (AvgIpc) is 2.83. The van der Waals surface area contributed by atoms with Gasteiger partial charge in [-0.3, -0.25) is 4.79 Å². The van der Waals surface area contributed by atoms with E-state index in [-0.39, 0.29) is 25.3 Å². The van der Waals surface area contributed by atoms with Crippen molar-refractivity contribution >= 4 is 12.0 Å². The van der Waals surface area contributed by atoms with Crippen molar-refractivity contribution in [1.29, 1.82) is 0 Å². The van der Waals surface area contributed by atoms with Crippen LogP contribution in [0.4, 0.5) is 4.79 Å². The molecule has 3 N–H and O–H groups in total. The van der Waals surface area contributed by atoms with Crippen LogP contribution in [0.1, 0.15) is 32.6 Å². The summed E-state index contributed by atoms with van der Waals surface area (Å²) < 4.78 is 10.8. The van der Waals surface area contributed by atoms with E-state index in [4.69, 9.17) is 9.47 Å². The number of urea groups is 1. The molecule has 0 aromatic carbocycles. The summed E-state index contributed by atoms with van der Waals surface area (Å²) in [5.74, 6) is -0.957. The standard InChI is InChI=1S/C14H24N2O5/c1-14(12(17)18)9-20-8-11(14)16-13(19)15-6-5-10-4-2-3-7-21-10/h10-11H,2-9H2,1H3,(H,17,18)(H2,15,16,19). The van der Waals surface area contributed by atoms with Gasteiger partial charge in [-0.1, -0.05) is 0 Å². The van der Waals surface area contributed by atoms with Crippen LogP contribution in [-0.4, -0.2) is 55.6 Å². The zero-order valence-corrected chi connectivity index (χ0v) is 12.4. The van der Waals surface area contributed by atoms with Crippen molar-refractivity contribution in [3.8, 4) is 0 Å². The fourth-order valence-corrected chi connectivity index (χ4v) is 2.68. The Bertz CT molecular complexity index is 384. The fraction of sp³-hybridized carbons (Fsp3) is 0.857. The van der Waals surface area contributed by atoms with Gasteiger partial charge in [-0.2, -0.15) is 0 Å². The molecule has 0 saturated carbocycles. The van der Waals surface area contributed by atoms with Crippen LogP contribution in [-0.2, 0) is 14.3 Å².